The largest absolute Gasteiger partial charge is 0.377 e. The molecule has 0 aliphatic carbocycles. The van der Waals surface area contributed by atoms with Crippen LogP contribution in [0.15, 0.2) is 34.9 Å². The monoisotopic (exact) mass is 219 g/mol. The zero-order valence-corrected chi connectivity index (χ0v) is 8.96. The summed E-state index contributed by atoms with van der Waals surface area (Å²) >= 11 is 0. The van der Waals surface area contributed by atoms with E-state index >= 15 is 0 Å². The minimum atomic E-state index is -0.390. The number of ether oxygens (including phenoxy) is 1. The van der Waals surface area contributed by atoms with Crippen LogP contribution in [0.1, 0.15) is 23.3 Å². The minimum Gasteiger partial charge on any atom is -0.377 e. The van der Waals surface area contributed by atoms with E-state index in [2.05, 4.69) is 10.1 Å². The van der Waals surface area contributed by atoms with Crippen molar-refractivity contribution in [1.82, 2.24) is 10.1 Å². The van der Waals surface area contributed by atoms with Crippen LogP contribution >= 0.6 is 0 Å². The van der Waals surface area contributed by atoms with Gasteiger partial charge in [0.15, 0.2) is 5.82 Å². The number of hydrogen-bond donors (Lipinski definition) is 1. The second-order valence-electron chi connectivity index (χ2n) is 3.37. The average Bonchev–Trinajstić information content (AvgIpc) is 2.78. The molecule has 0 aliphatic heterocycles. The number of aromatic nitrogens is 2. The third kappa shape index (κ3) is 2.26. The van der Waals surface area contributed by atoms with Gasteiger partial charge in [-0.2, -0.15) is 4.98 Å². The molecule has 5 nitrogen and oxygen atoms in total. The van der Waals surface area contributed by atoms with E-state index in [9.17, 15) is 0 Å². The molecule has 0 bridgehead atoms. The summed E-state index contributed by atoms with van der Waals surface area (Å²) in [6.07, 6.45) is 0. The fourth-order valence-electron chi connectivity index (χ4n) is 1.38. The second-order valence-corrected chi connectivity index (χ2v) is 3.37. The molecule has 0 fully saturated rings. The molecular formula is C11H13N3O2. The van der Waals surface area contributed by atoms with Crippen molar-refractivity contribution in [3.63, 3.8) is 0 Å². The van der Waals surface area contributed by atoms with Gasteiger partial charge in [-0.1, -0.05) is 35.5 Å². The first-order valence-electron chi connectivity index (χ1n) is 4.93. The lowest BCUT2D eigenvalue weighted by Crippen LogP contribution is -2.12. The number of hydrogen-bond acceptors (Lipinski definition) is 5. The summed E-state index contributed by atoms with van der Waals surface area (Å²) in [5.74, 6) is 0.905. The zero-order valence-electron chi connectivity index (χ0n) is 8.96. The molecular weight excluding hydrogens is 206 g/mol. The Balaban J connectivity index is 2.17. The van der Waals surface area contributed by atoms with Gasteiger partial charge in [-0.25, -0.2) is 0 Å². The first-order chi connectivity index (χ1) is 7.81. The van der Waals surface area contributed by atoms with Crippen LogP contribution in [0.25, 0.3) is 0 Å². The van der Waals surface area contributed by atoms with E-state index in [-0.39, 0.29) is 6.04 Å². The van der Waals surface area contributed by atoms with Crippen molar-refractivity contribution in [2.24, 2.45) is 5.73 Å². The summed E-state index contributed by atoms with van der Waals surface area (Å²) in [7, 11) is 1.58. The van der Waals surface area contributed by atoms with Crippen LogP contribution in [0.2, 0.25) is 0 Å². The lowest BCUT2D eigenvalue weighted by atomic mass is 10.1. The Morgan fingerprint density at radius 1 is 1.38 bits per heavy atom. The summed E-state index contributed by atoms with van der Waals surface area (Å²) in [6.45, 7) is 0.324. The van der Waals surface area contributed by atoms with Gasteiger partial charge in [-0.05, 0) is 5.56 Å². The van der Waals surface area contributed by atoms with Gasteiger partial charge in [0.2, 0.25) is 5.89 Å². The number of rotatable bonds is 4. The third-order valence-corrected chi connectivity index (χ3v) is 2.18. The zero-order chi connectivity index (χ0) is 11.4. The van der Waals surface area contributed by atoms with Gasteiger partial charge in [-0.15, -0.1) is 0 Å². The van der Waals surface area contributed by atoms with Gasteiger partial charge in [0, 0.05) is 7.11 Å². The van der Waals surface area contributed by atoms with Gasteiger partial charge in [0.1, 0.15) is 12.6 Å². The maximum absolute atomic E-state index is 5.99. The molecule has 2 rings (SSSR count). The standard InChI is InChI=1S/C11H13N3O2/c1-15-7-9-13-11(16-14-9)10(12)8-5-3-2-4-6-8/h2-6,10H,7,12H2,1H3. The normalized spacial score (nSPS) is 12.6. The van der Waals surface area contributed by atoms with Crippen molar-refractivity contribution in [3.8, 4) is 0 Å². The number of methoxy groups -OCH3 is 1. The average molecular weight is 219 g/mol. The van der Waals surface area contributed by atoms with Crippen LogP contribution in [0.3, 0.4) is 0 Å². The van der Waals surface area contributed by atoms with E-state index in [4.69, 9.17) is 15.0 Å². The van der Waals surface area contributed by atoms with Crippen molar-refractivity contribution in [1.29, 1.82) is 0 Å². The number of benzene rings is 1. The molecule has 1 heterocycles. The molecule has 2 aromatic rings. The van der Waals surface area contributed by atoms with E-state index in [1.807, 2.05) is 30.3 Å². The SMILES string of the molecule is COCc1noc(C(N)c2ccccc2)n1. The first-order valence-corrected chi connectivity index (χ1v) is 4.93. The van der Waals surface area contributed by atoms with Crippen LogP contribution in [0, 0.1) is 0 Å². The highest BCUT2D eigenvalue weighted by molar-refractivity contribution is 5.22. The van der Waals surface area contributed by atoms with E-state index in [1.165, 1.54) is 0 Å². The highest BCUT2D eigenvalue weighted by atomic mass is 16.5. The van der Waals surface area contributed by atoms with Gasteiger partial charge in [0.05, 0.1) is 0 Å². The third-order valence-electron chi connectivity index (χ3n) is 2.18. The summed E-state index contributed by atoms with van der Waals surface area (Å²) in [5, 5.41) is 3.76. The molecule has 1 aromatic carbocycles. The summed E-state index contributed by atoms with van der Waals surface area (Å²) < 4.78 is 9.97. The van der Waals surface area contributed by atoms with E-state index < -0.39 is 0 Å². The Bertz CT molecular complexity index is 442. The van der Waals surface area contributed by atoms with Crippen LogP contribution in [0.4, 0.5) is 0 Å². The van der Waals surface area contributed by atoms with Crippen LogP contribution in [-0.4, -0.2) is 17.3 Å². The fourth-order valence-corrected chi connectivity index (χ4v) is 1.38. The Morgan fingerprint density at radius 2 is 2.12 bits per heavy atom. The molecule has 0 amide bonds. The highest BCUT2D eigenvalue weighted by Gasteiger charge is 2.16. The van der Waals surface area contributed by atoms with Crippen molar-refractivity contribution in [3.05, 3.63) is 47.6 Å². The van der Waals surface area contributed by atoms with Gasteiger partial charge >= 0.3 is 0 Å². The molecule has 0 saturated heterocycles. The maximum atomic E-state index is 5.99. The number of nitrogens with two attached hydrogens (primary N) is 1. The first kappa shape index (κ1) is 10.8. The molecule has 5 heteroatoms. The molecule has 84 valence electrons. The molecule has 1 aromatic heterocycles. The van der Waals surface area contributed by atoms with Gasteiger partial charge in [0.25, 0.3) is 0 Å². The fraction of sp³-hybridized carbons (Fsp3) is 0.273. The minimum absolute atomic E-state index is 0.324. The van der Waals surface area contributed by atoms with E-state index in [1.54, 1.807) is 7.11 Å². The molecule has 1 unspecified atom stereocenters. The second kappa shape index (κ2) is 4.87. The molecule has 0 saturated carbocycles. The smallest absolute Gasteiger partial charge is 0.248 e. The summed E-state index contributed by atoms with van der Waals surface area (Å²) in [6, 6.07) is 9.22. The molecule has 16 heavy (non-hydrogen) atoms. The summed E-state index contributed by atoms with van der Waals surface area (Å²) in [4.78, 5) is 4.15. The van der Waals surface area contributed by atoms with Crippen molar-refractivity contribution in [2.75, 3.05) is 7.11 Å². The highest BCUT2D eigenvalue weighted by Crippen LogP contribution is 2.17. The topological polar surface area (TPSA) is 74.2 Å². The molecule has 0 spiro atoms. The summed E-state index contributed by atoms with van der Waals surface area (Å²) in [5.41, 5.74) is 6.93. The lowest BCUT2D eigenvalue weighted by Gasteiger charge is -2.05. The van der Waals surface area contributed by atoms with Gasteiger partial charge < -0.3 is 15.0 Å². The van der Waals surface area contributed by atoms with Crippen molar-refractivity contribution < 1.29 is 9.26 Å². The van der Waals surface area contributed by atoms with Crippen molar-refractivity contribution in [2.45, 2.75) is 12.6 Å². The lowest BCUT2D eigenvalue weighted by molar-refractivity contribution is 0.174. The predicted octanol–water partition coefficient (Wildman–Crippen LogP) is 1.26. The van der Waals surface area contributed by atoms with Crippen molar-refractivity contribution >= 4 is 0 Å². The molecule has 1 atom stereocenters. The van der Waals surface area contributed by atoms with E-state index in [0.29, 0.717) is 18.3 Å². The maximum Gasteiger partial charge on any atom is 0.248 e. The Kier molecular flexibility index (Phi) is 3.28. The van der Waals surface area contributed by atoms with Crippen LogP contribution < -0.4 is 5.73 Å². The molecule has 0 radical (unpaired) electrons. The molecule has 0 aliphatic rings. The Hall–Kier alpha value is -1.72. The van der Waals surface area contributed by atoms with Gasteiger partial charge in [-0.3, -0.25) is 0 Å². The van der Waals surface area contributed by atoms with Crippen LogP contribution in [-0.2, 0) is 11.3 Å². The van der Waals surface area contributed by atoms with Crippen LogP contribution in [0.5, 0.6) is 0 Å². The predicted molar refractivity (Wildman–Crippen MR) is 57.5 cm³/mol. The Labute approximate surface area is 93.2 Å². The Morgan fingerprint density at radius 3 is 2.81 bits per heavy atom. The molecule has 2 N–H and O–H groups in total. The quantitative estimate of drug-likeness (QED) is 0.838. The number of nitrogens with zero attached hydrogens (tertiary/aromatic N) is 2. The van der Waals surface area contributed by atoms with E-state index in [0.717, 1.165) is 5.56 Å².